The Morgan fingerprint density at radius 2 is 2.25 bits per heavy atom. The van der Waals surface area contributed by atoms with E-state index in [0.717, 1.165) is 12.0 Å². The second-order valence-electron chi connectivity index (χ2n) is 4.70. The first-order chi connectivity index (χ1) is 9.58. The molecule has 0 unspecified atom stereocenters. The van der Waals surface area contributed by atoms with Gasteiger partial charge in [0.15, 0.2) is 0 Å². The van der Waals surface area contributed by atoms with Gasteiger partial charge in [0.25, 0.3) is 0 Å². The summed E-state index contributed by atoms with van der Waals surface area (Å²) in [6.07, 6.45) is 2.33. The van der Waals surface area contributed by atoms with Crippen molar-refractivity contribution in [3.05, 3.63) is 41.7 Å². The van der Waals surface area contributed by atoms with E-state index in [0.29, 0.717) is 18.1 Å². The van der Waals surface area contributed by atoms with Crippen molar-refractivity contribution in [2.75, 3.05) is 6.61 Å². The number of para-hydroxylation sites is 1. The molecule has 1 aliphatic rings. The van der Waals surface area contributed by atoms with E-state index in [9.17, 15) is 8.42 Å². The van der Waals surface area contributed by atoms with Gasteiger partial charge in [0.05, 0.1) is 18.3 Å². The number of aromatic amines is 1. The van der Waals surface area contributed by atoms with Crippen LogP contribution in [0.2, 0.25) is 0 Å². The molecule has 0 radical (unpaired) electrons. The van der Waals surface area contributed by atoms with Crippen molar-refractivity contribution < 1.29 is 13.2 Å². The molecule has 106 valence electrons. The standard InChI is InChI=1S/C13H15N3O3S/c1-9(11-5-7-14-15-11)16-20(17,18)12-4-2-3-10-6-8-19-13(10)12/h2-5,7,9,16H,6,8H2,1H3,(H,14,15)/t9-/m0/s1. The van der Waals surface area contributed by atoms with Gasteiger partial charge >= 0.3 is 0 Å². The average molecular weight is 293 g/mol. The van der Waals surface area contributed by atoms with Crippen LogP contribution in [0, 0.1) is 0 Å². The molecule has 2 N–H and O–H groups in total. The van der Waals surface area contributed by atoms with E-state index in [1.165, 1.54) is 0 Å². The molecule has 1 aromatic carbocycles. The molecule has 0 fully saturated rings. The molecule has 0 spiro atoms. The van der Waals surface area contributed by atoms with E-state index in [2.05, 4.69) is 14.9 Å². The number of rotatable bonds is 4. The van der Waals surface area contributed by atoms with Gasteiger partial charge in [-0.05, 0) is 24.6 Å². The summed E-state index contributed by atoms with van der Waals surface area (Å²) in [4.78, 5) is 0.193. The predicted octanol–water partition coefficient (Wildman–Crippen LogP) is 1.38. The summed E-state index contributed by atoms with van der Waals surface area (Å²) in [5, 5.41) is 6.57. The lowest BCUT2D eigenvalue weighted by Gasteiger charge is -2.14. The maximum absolute atomic E-state index is 12.5. The van der Waals surface area contributed by atoms with Gasteiger partial charge in [-0.2, -0.15) is 5.10 Å². The second kappa shape index (κ2) is 4.92. The summed E-state index contributed by atoms with van der Waals surface area (Å²) in [7, 11) is -3.63. The van der Waals surface area contributed by atoms with Gasteiger partial charge in [0, 0.05) is 12.6 Å². The molecule has 20 heavy (non-hydrogen) atoms. The molecule has 0 aliphatic carbocycles. The number of sulfonamides is 1. The monoisotopic (exact) mass is 293 g/mol. The lowest BCUT2D eigenvalue weighted by Crippen LogP contribution is -2.27. The zero-order valence-electron chi connectivity index (χ0n) is 11.0. The van der Waals surface area contributed by atoms with Gasteiger partial charge in [-0.1, -0.05) is 12.1 Å². The van der Waals surface area contributed by atoms with E-state index >= 15 is 0 Å². The fraction of sp³-hybridized carbons (Fsp3) is 0.308. The summed E-state index contributed by atoms with van der Waals surface area (Å²) in [5.74, 6) is 0.469. The summed E-state index contributed by atoms with van der Waals surface area (Å²) >= 11 is 0. The van der Waals surface area contributed by atoms with Crippen molar-refractivity contribution in [1.82, 2.24) is 14.9 Å². The molecule has 7 heteroatoms. The third-order valence-electron chi connectivity index (χ3n) is 3.29. The van der Waals surface area contributed by atoms with Crippen LogP contribution in [0.25, 0.3) is 0 Å². The quantitative estimate of drug-likeness (QED) is 0.892. The molecule has 0 amide bonds. The highest BCUT2D eigenvalue weighted by molar-refractivity contribution is 7.89. The van der Waals surface area contributed by atoms with Crippen LogP contribution in [-0.2, 0) is 16.4 Å². The Kier molecular flexibility index (Phi) is 3.23. The Hall–Kier alpha value is -1.86. The highest BCUT2D eigenvalue weighted by Crippen LogP contribution is 2.33. The summed E-state index contributed by atoms with van der Waals surface area (Å²) in [5.41, 5.74) is 1.64. The molecule has 0 saturated carbocycles. The normalized spacial score (nSPS) is 15.7. The summed E-state index contributed by atoms with van der Waals surface area (Å²) in [6.45, 7) is 2.28. The molecular weight excluding hydrogens is 278 g/mol. The molecule has 1 aromatic heterocycles. The Morgan fingerprint density at radius 1 is 1.40 bits per heavy atom. The van der Waals surface area contributed by atoms with Crippen molar-refractivity contribution >= 4 is 10.0 Å². The molecule has 6 nitrogen and oxygen atoms in total. The number of hydrogen-bond donors (Lipinski definition) is 2. The minimum atomic E-state index is -3.63. The van der Waals surface area contributed by atoms with E-state index in [1.54, 1.807) is 31.3 Å². The van der Waals surface area contributed by atoms with Crippen molar-refractivity contribution in [2.45, 2.75) is 24.3 Å². The Morgan fingerprint density at radius 3 is 3.00 bits per heavy atom. The lowest BCUT2D eigenvalue weighted by atomic mass is 10.2. The minimum Gasteiger partial charge on any atom is -0.492 e. The Bertz CT molecular complexity index is 710. The van der Waals surface area contributed by atoms with Crippen LogP contribution in [0.4, 0.5) is 0 Å². The van der Waals surface area contributed by atoms with E-state index in [1.807, 2.05) is 6.07 Å². The number of H-pyrrole nitrogens is 1. The zero-order valence-corrected chi connectivity index (χ0v) is 11.8. The first-order valence-corrected chi connectivity index (χ1v) is 7.82. The predicted molar refractivity (Wildman–Crippen MR) is 73.0 cm³/mol. The topological polar surface area (TPSA) is 84.1 Å². The van der Waals surface area contributed by atoms with Crippen LogP contribution in [-0.4, -0.2) is 25.2 Å². The van der Waals surface area contributed by atoms with Crippen molar-refractivity contribution in [2.24, 2.45) is 0 Å². The third kappa shape index (κ3) is 2.30. The largest absolute Gasteiger partial charge is 0.492 e. The molecule has 0 bridgehead atoms. The number of hydrogen-bond acceptors (Lipinski definition) is 4. The van der Waals surface area contributed by atoms with E-state index < -0.39 is 10.0 Å². The highest BCUT2D eigenvalue weighted by Gasteiger charge is 2.26. The number of benzene rings is 1. The van der Waals surface area contributed by atoms with Gasteiger partial charge in [0.2, 0.25) is 10.0 Å². The average Bonchev–Trinajstić information content (AvgIpc) is 3.08. The first-order valence-electron chi connectivity index (χ1n) is 6.34. The third-order valence-corrected chi connectivity index (χ3v) is 4.85. The van der Waals surface area contributed by atoms with Crippen LogP contribution in [0.15, 0.2) is 35.4 Å². The van der Waals surface area contributed by atoms with E-state index in [4.69, 9.17) is 4.74 Å². The van der Waals surface area contributed by atoms with Crippen LogP contribution >= 0.6 is 0 Å². The molecule has 0 saturated heterocycles. The molecule has 2 aromatic rings. The molecule has 3 rings (SSSR count). The molecule has 2 heterocycles. The number of aromatic nitrogens is 2. The number of ether oxygens (including phenoxy) is 1. The molecule has 1 aliphatic heterocycles. The van der Waals surface area contributed by atoms with Gasteiger partial charge in [-0.3, -0.25) is 5.10 Å². The van der Waals surface area contributed by atoms with Gasteiger partial charge in [0.1, 0.15) is 10.6 Å². The van der Waals surface area contributed by atoms with Gasteiger partial charge in [-0.25, -0.2) is 13.1 Å². The fourth-order valence-corrected chi connectivity index (χ4v) is 3.68. The van der Waals surface area contributed by atoms with Gasteiger partial charge in [-0.15, -0.1) is 0 Å². The maximum atomic E-state index is 12.5. The maximum Gasteiger partial charge on any atom is 0.244 e. The minimum absolute atomic E-state index is 0.193. The number of nitrogens with one attached hydrogen (secondary N) is 2. The first kappa shape index (κ1) is 13.1. The Balaban J connectivity index is 1.91. The summed E-state index contributed by atoms with van der Waals surface area (Å²) in [6, 6.07) is 6.54. The van der Waals surface area contributed by atoms with Gasteiger partial charge < -0.3 is 4.74 Å². The van der Waals surface area contributed by atoms with Crippen LogP contribution in [0.3, 0.4) is 0 Å². The van der Waals surface area contributed by atoms with Crippen LogP contribution in [0.5, 0.6) is 5.75 Å². The van der Waals surface area contributed by atoms with Crippen LogP contribution in [0.1, 0.15) is 24.2 Å². The van der Waals surface area contributed by atoms with E-state index in [-0.39, 0.29) is 10.9 Å². The molecular formula is C13H15N3O3S. The fourth-order valence-electron chi connectivity index (χ4n) is 2.26. The van der Waals surface area contributed by atoms with Crippen molar-refractivity contribution in [3.8, 4) is 5.75 Å². The number of nitrogens with zero attached hydrogens (tertiary/aromatic N) is 1. The van der Waals surface area contributed by atoms with Crippen molar-refractivity contribution in [3.63, 3.8) is 0 Å². The summed E-state index contributed by atoms with van der Waals surface area (Å²) < 4.78 is 33.0. The smallest absolute Gasteiger partial charge is 0.244 e. The Labute approximate surface area is 117 Å². The second-order valence-corrected chi connectivity index (χ2v) is 6.38. The molecule has 1 atom stereocenters. The SMILES string of the molecule is C[C@H](NS(=O)(=O)c1cccc2c1OCC2)c1ccn[nH]1. The zero-order chi connectivity index (χ0) is 14.2. The van der Waals surface area contributed by atoms with Crippen molar-refractivity contribution in [1.29, 1.82) is 0 Å². The highest BCUT2D eigenvalue weighted by atomic mass is 32.2. The number of fused-ring (bicyclic) bond motifs is 1. The lowest BCUT2D eigenvalue weighted by molar-refractivity contribution is 0.348. The van der Waals surface area contributed by atoms with Crippen LogP contribution < -0.4 is 9.46 Å².